The monoisotopic (exact) mass is 291 g/mol. The molecule has 2 nitrogen and oxygen atoms in total. The summed E-state index contributed by atoms with van der Waals surface area (Å²) in [6.45, 7) is 2.30. The van der Waals surface area contributed by atoms with E-state index in [4.69, 9.17) is 4.74 Å². The van der Waals surface area contributed by atoms with Gasteiger partial charge in [0.1, 0.15) is 12.2 Å². The van der Waals surface area contributed by atoms with Crippen molar-refractivity contribution >= 4 is 0 Å². The molecule has 2 aliphatic heterocycles. The van der Waals surface area contributed by atoms with Crippen molar-refractivity contribution in [2.24, 2.45) is 5.92 Å². The molecular formula is C20H21NO. The Labute approximate surface area is 131 Å². The molecule has 1 N–H and O–H groups in total. The summed E-state index contributed by atoms with van der Waals surface area (Å²) >= 11 is 0. The van der Waals surface area contributed by atoms with Crippen LogP contribution in [0.3, 0.4) is 0 Å². The van der Waals surface area contributed by atoms with E-state index in [1.807, 2.05) is 0 Å². The smallest absolute Gasteiger partial charge is 0.114 e. The van der Waals surface area contributed by atoms with Gasteiger partial charge in [-0.2, -0.15) is 0 Å². The first-order valence-electron chi connectivity index (χ1n) is 8.47. The van der Waals surface area contributed by atoms with Crippen LogP contribution in [0, 0.1) is 5.92 Å². The van der Waals surface area contributed by atoms with Crippen LogP contribution in [-0.4, -0.2) is 13.1 Å². The van der Waals surface area contributed by atoms with E-state index in [9.17, 15) is 0 Å². The van der Waals surface area contributed by atoms with Gasteiger partial charge in [-0.05, 0) is 54.1 Å². The zero-order valence-corrected chi connectivity index (χ0v) is 12.7. The number of fused-ring (bicyclic) bond motifs is 5. The predicted octanol–water partition coefficient (Wildman–Crippen LogP) is 3.94. The molecule has 0 radical (unpaired) electrons. The van der Waals surface area contributed by atoms with E-state index in [0.717, 1.165) is 19.0 Å². The third-order valence-corrected chi connectivity index (χ3v) is 5.62. The first-order chi connectivity index (χ1) is 10.9. The number of ether oxygens (including phenoxy) is 1. The number of hydrogen-bond acceptors (Lipinski definition) is 2. The number of hydrogen-bond donors (Lipinski definition) is 1. The number of benzene rings is 2. The largest absolute Gasteiger partial charge is 0.359 e. The van der Waals surface area contributed by atoms with Gasteiger partial charge in [0.25, 0.3) is 0 Å². The quantitative estimate of drug-likeness (QED) is 0.805. The molecule has 112 valence electrons. The second-order valence-corrected chi connectivity index (χ2v) is 6.80. The lowest BCUT2D eigenvalue weighted by molar-refractivity contribution is 0.330. The van der Waals surface area contributed by atoms with Gasteiger partial charge < -0.3 is 10.1 Å². The van der Waals surface area contributed by atoms with Gasteiger partial charge >= 0.3 is 0 Å². The zero-order valence-electron chi connectivity index (χ0n) is 12.7. The lowest BCUT2D eigenvalue weighted by Crippen LogP contribution is -2.31. The van der Waals surface area contributed by atoms with Gasteiger partial charge in [-0.15, -0.1) is 0 Å². The van der Waals surface area contributed by atoms with E-state index < -0.39 is 0 Å². The van der Waals surface area contributed by atoms with Crippen LogP contribution in [0.1, 0.15) is 53.2 Å². The highest BCUT2D eigenvalue weighted by atomic mass is 16.6. The van der Waals surface area contributed by atoms with Crippen molar-refractivity contribution in [1.29, 1.82) is 0 Å². The van der Waals surface area contributed by atoms with Gasteiger partial charge in [-0.1, -0.05) is 48.5 Å². The molecular weight excluding hydrogens is 270 g/mol. The SMILES string of the molecule is c1ccc2c(c1)C1OC1c1ccccc1C2C1CCNCC1. The third kappa shape index (κ3) is 1.87. The Kier molecular flexibility index (Phi) is 2.89. The standard InChI is InChI=1S/C20H21NO/c1-3-7-16-14(5-1)18(13-9-11-21-12-10-13)15-6-2-4-8-17(15)20-19(16)22-20/h1-8,13,18-21H,9-12H2. The fraction of sp³-hybridized carbons (Fsp3) is 0.400. The molecule has 1 aliphatic carbocycles. The maximum atomic E-state index is 6.03. The Morgan fingerprint density at radius 2 is 1.23 bits per heavy atom. The van der Waals surface area contributed by atoms with Crippen molar-refractivity contribution < 1.29 is 4.74 Å². The Balaban J connectivity index is 1.70. The van der Waals surface area contributed by atoms with Crippen molar-refractivity contribution in [3.8, 4) is 0 Å². The molecule has 2 fully saturated rings. The van der Waals surface area contributed by atoms with E-state index in [-0.39, 0.29) is 12.2 Å². The van der Waals surface area contributed by atoms with Gasteiger partial charge in [0, 0.05) is 5.92 Å². The minimum atomic E-state index is 0.282. The molecule has 3 aliphatic rings. The Morgan fingerprint density at radius 3 is 1.77 bits per heavy atom. The van der Waals surface area contributed by atoms with Crippen LogP contribution in [0.4, 0.5) is 0 Å². The van der Waals surface area contributed by atoms with E-state index in [1.165, 1.54) is 35.1 Å². The second-order valence-electron chi connectivity index (χ2n) is 6.80. The molecule has 2 heterocycles. The molecule has 0 amide bonds. The maximum absolute atomic E-state index is 6.03. The van der Waals surface area contributed by atoms with Crippen molar-refractivity contribution in [3.05, 3.63) is 70.8 Å². The Hall–Kier alpha value is -1.64. The molecule has 2 aromatic carbocycles. The fourth-order valence-corrected chi connectivity index (χ4v) is 4.54. The average molecular weight is 291 g/mol. The van der Waals surface area contributed by atoms with E-state index in [0.29, 0.717) is 5.92 Å². The maximum Gasteiger partial charge on any atom is 0.114 e. The van der Waals surface area contributed by atoms with Crippen molar-refractivity contribution in [2.45, 2.75) is 31.0 Å². The van der Waals surface area contributed by atoms with Gasteiger partial charge in [0.05, 0.1) is 0 Å². The number of nitrogens with one attached hydrogen (secondary N) is 1. The van der Waals surface area contributed by atoms with Crippen LogP contribution in [-0.2, 0) is 4.74 Å². The lowest BCUT2D eigenvalue weighted by atomic mass is 9.75. The van der Waals surface area contributed by atoms with E-state index in [2.05, 4.69) is 53.8 Å². The topological polar surface area (TPSA) is 24.6 Å². The van der Waals surface area contributed by atoms with Crippen LogP contribution < -0.4 is 5.32 Å². The van der Waals surface area contributed by atoms with E-state index >= 15 is 0 Å². The number of rotatable bonds is 1. The lowest BCUT2D eigenvalue weighted by Gasteiger charge is -2.33. The van der Waals surface area contributed by atoms with Gasteiger partial charge in [0.15, 0.2) is 0 Å². The predicted molar refractivity (Wildman–Crippen MR) is 86.9 cm³/mol. The first-order valence-corrected chi connectivity index (χ1v) is 8.47. The zero-order chi connectivity index (χ0) is 14.5. The molecule has 2 unspecified atom stereocenters. The Bertz CT molecular complexity index is 653. The van der Waals surface area contributed by atoms with Crippen LogP contribution in [0.5, 0.6) is 0 Å². The molecule has 0 spiro atoms. The molecule has 2 heteroatoms. The molecule has 22 heavy (non-hydrogen) atoms. The van der Waals surface area contributed by atoms with Gasteiger partial charge in [-0.25, -0.2) is 0 Å². The minimum absolute atomic E-state index is 0.282. The minimum Gasteiger partial charge on any atom is -0.359 e. The molecule has 0 aromatic heterocycles. The molecule has 2 atom stereocenters. The summed E-state index contributed by atoms with van der Waals surface area (Å²) in [5, 5.41) is 3.51. The summed E-state index contributed by atoms with van der Waals surface area (Å²) in [6.07, 6.45) is 3.10. The van der Waals surface area contributed by atoms with Crippen molar-refractivity contribution in [1.82, 2.24) is 5.32 Å². The van der Waals surface area contributed by atoms with Crippen LogP contribution in [0.25, 0.3) is 0 Å². The number of piperidine rings is 1. The number of epoxide rings is 1. The van der Waals surface area contributed by atoms with Crippen LogP contribution in [0.2, 0.25) is 0 Å². The second kappa shape index (κ2) is 4.94. The molecule has 0 bridgehead atoms. The Morgan fingerprint density at radius 1 is 0.727 bits per heavy atom. The summed E-state index contributed by atoms with van der Waals surface area (Å²) in [5.74, 6) is 1.27. The molecule has 0 saturated carbocycles. The highest BCUT2D eigenvalue weighted by Crippen LogP contribution is 2.58. The van der Waals surface area contributed by atoms with Crippen molar-refractivity contribution in [2.75, 3.05) is 13.1 Å². The van der Waals surface area contributed by atoms with Gasteiger partial charge in [-0.3, -0.25) is 0 Å². The molecule has 2 saturated heterocycles. The van der Waals surface area contributed by atoms with E-state index in [1.54, 1.807) is 0 Å². The molecule has 5 rings (SSSR count). The van der Waals surface area contributed by atoms with Crippen molar-refractivity contribution in [3.63, 3.8) is 0 Å². The summed E-state index contributed by atoms with van der Waals surface area (Å²) in [7, 11) is 0. The third-order valence-electron chi connectivity index (χ3n) is 5.62. The summed E-state index contributed by atoms with van der Waals surface area (Å²) in [6, 6.07) is 17.9. The normalized spacial score (nSPS) is 29.9. The highest BCUT2D eigenvalue weighted by Gasteiger charge is 2.48. The van der Waals surface area contributed by atoms with Gasteiger partial charge in [0.2, 0.25) is 0 Å². The first kappa shape index (κ1) is 12.9. The summed E-state index contributed by atoms with van der Waals surface area (Å²) < 4.78 is 6.03. The molecule has 2 aromatic rings. The van der Waals surface area contributed by atoms with Crippen LogP contribution in [0.15, 0.2) is 48.5 Å². The van der Waals surface area contributed by atoms with Crippen LogP contribution >= 0.6 is 0 Å². The summed E-state index contributed by atoms with van der Waals surface area (Å²) in [5.41, 5.74) is 5.86. The fourth-order valence-electron chi connectivity index (χ4n) is 4.54. The average Bonchev–Trinajstić information content (AvgIpc) is 3.37. The summed E-state index contributed by atoms with van der Waals surface area (Å²) in [4.78, 5) is 0. The highest BCUT2D eigenvalue weighted by molar-refractivity contribution is 5.50.